The number of hydrogen-bond acceptors (Lipinski definition) is 2. The van der Waals surface area contributed by atoms with Gasteiger partial charge in [-0.3, -0.25) is 0 Å². The lowest BCUT2D eigenvalue weighted by Gasteiger charge is -2.12. The summed E-state index contributed by atoms with van der Waals surface area (Å²) in [4.78, 5) is 0. The molecule has 0 spiro atoms. The lowest BCUT2D eigenvalue weighted by atomic mass is 9.96. The number of benzene rings is 2. The summed E-state index contributed by atoms with van der Waals surface area (Å²) in [7, 11) is 1.71. The second-order valence-corrected chi connectivity index (χ2v) is 4.60. The van der Waals surface area contributed by atoms with E-state index >= 15 is 0 Å². The van der Waals surface area contributed by atoms with Crippen LogP contribution in [-0.4, -0.2) is 7.11 Å². The molecule has 18 heavy (non-hydrogen) atoms. The Bertz CT molecular complexity index is 544. The average molecular weight is 241 g/mol. The maximum absolute atomic E-state index is 5.70. The van der Waals surface area contributed by atoms with Gasteiger partial charge in [0, 0.05) is 5.69 Å². The van der Waals surface area contributed by atoms with E-state index in [0.717, 1.165) is 17.9 Å². The third-order valence-electron chi connectivity index (χ3n) is 3.44. The van der Waals surface area contributed by atoms with Crippen LogP contribution >= 0.6 is 0 Å². The fraction of sp³-hybridized carbons (Fsp3) is 0.250. The molecule has 0 aromatic heterocycles. The number of rotatable bonds is 3. The summed E-state index contributed by atoms with van der Waals surface area (Å²) < 4.78 is 5.33. The molecule has 0 saturated carbocycles. The Morgan fingerprint density at radius 3 is 2.22 bits per heavy atom. The van der Waals surface area contributed by atoms with E-state index in [2.05, 4.69) is 32.0 Å². The quantitative estimate of drug-likeness (QED) is 0.835. The van der Waals surface area contributed by atoms with Gasteiger partial charge in [0.05, 0.1) is 7.11 Å². The van der Waals surface area contributed by atoms with Crippen molar-refractivity contribution < 1.29 is 4.74 Å². The largest absolute Gasteiger partial charge is 0.496 e. The Balaban J connectivity index is 2.29. The van der Waals surface area contributed by atoms with Crippen molar-refractivity contribution in [1.29, 1.82) is 0 Å². The molecular formula is C16H19NO. The highest BCUT2D eigenvalue weighted by molar-refractivity contribution is 5.46. The minimum atomic E-state index is 0.807. The maximum Gasteiger partial charge on any atom is 0.122 e. The average Bonchev–Trinajstić information content (AvgIpc) is 2.38. The van der Waals surface area contributed by atoms with Gasteiger partial charge in [-0.2, -0.15) is 0 Å². The number of ether oxygens (including phenoxy) is 1. The van der Waals surface area contributed by atoms with Gasteiger partial charge in [0.15, 0.2) is 0 Å². The minimum Gasteiger partial charge on any atom is -0.496 e. The molecule has 0 bridgehead atoms. The molecule has 0 atom stereocenters. The SMILES string of the molecule is COc1ccc(Cc2ccc(N)cc2)c(C)c1C. The molecule has 94 valence electrons. The van der Waals surface area contributed by atoms with Crippen molar-refractivity contribution in [2.45, 2.75) is 20.3 Å². The summed E-state index contributed by atoms with van der Waals surface area (Å²) in [6.07, 6.45) is 0.928. The van der Waals surface area contributed by atoms with Gasteiger partial charge in [0.1, 0.15) is 5.75 Å². The van der Waals surface area contributed by atoms with Crippen LogP contribution in [0.15, 0.2) is 36.4 Å². The third kappa shape index (κ3) is 2.48. The standard InChI is InChI=1S/C16H19NO/c1-11-12(2)16(18-3)9-6-14(11)10-13-4-7-15(17)8-5-13/h4-9H,10,17H2,1-3H3. The lowest BCUT2D eigenvalue weighted by molar-refractivity contribution is 0.411. The molecule has 0 unspecified atom stereocenters. The summed E-state index contributed by atoms with van der Waals surface area (Å²) in [6.45, 7) is 4.24. The number of nitrogen functional groups attached to an aromatic ring is 1. The third-order valence-corrected chi connectivity index (χ3v) is 3.44. The van der Waals surface area contributed by atoms with Gasteiger partial charge in [-0.1, -0.05) is 18.2 Å². The minimum absolute atomic E-state index is 0.807. The van der Waals surface area contributed by atoms with E-state index in [1.807, 2.05) is 18.2 Å². The normalized spacial score (nSPS) is 10.4. The van der Waals surface area contributed by atoms with E-state index < -0.39 is 0 Å². The molecule has 2 heteroatoms. The molecule has 0 fully saturated rings. The summed E-state index contributed by atoms with van der Waals surface area (Å²) in [5.41, 5.74) is 11.6. The second-order valence-electron chi connectivity index (χ2n) is 4.60. The van der Waals surface area contributed by atoms with Crippen molar-refractivity contribution >= 4 is 5.69 Å². The number of hydrogen-bond donors (Lipinski definition) is 1. The van der Waals surface area contributed by atoms with E-state index in [0.29, 0.717) is 0 Å². The fourth-order valence-electron chi connectivity index (χ4n) is 2.12. The van der Waals surface area contributed by atoms with Crippen LogP contribution in [0.2, 0.25) is 0 Å². The molecule has 2 N–H and O–H groups in total. The zero-order chi connectivity index (χ0) is 13.1. The molecule has 0 saturated heterocycles. The molecule has 0 radical (unpaired) electrons. The van der Waals surface area contributed by atoms with Crippen molar-refractivity contribution in [1.82, 2.24) is 0 Å². The maximum atomic E-state index is 5.70. The number of nitrogens with two attached hydrogens (primary N) is 1. The van der Waals surface area contributed by atoms with E-state index in [-0.39, 0.29) is 0 Å². The van der Waals surface area contributed by atoms with Crippen LogP contribution in [0.1, 0.15) is 22.3 Å². The van der Waals surface area contributed by atoms with E-state index in [4.69, 9.17) is 10.5 Å². The Kier molecular flexibility index (Phi) is 3.56. The molecule has 2 nitrogen and oxygen atoms in total. The van der Waals surface area contributed by atoms with Crippen molar-refractivity contribution in [3.63, 3.8) is 0 Å². The topological polar surface area (TPSA) is 35.2 Å². The van der Waals surface area contributed by atoms with Crippen molar-refractivity contribution in [2.75, 3.05) is 12.8 Å². The van der Waals surface area contributed by atoms with Gasteiger partial charge in [0.2, 0.25) is 0 Å². The molecule has 2 rings (SSSR count). The van der Waals surface area contributed by atoms with Crippen LogP contribution in [0, 0.1) is 13.8 Å². The Morgan fingerprint density at radius 1 is 0.944 bits per heavy atom. The predicted molar refractivity (Wildman–Crippen MR) is 76.1 cm³/mol. The first-order valence-electron chi connectivity index (χ1n) is 6.09. The van der Waals surface area contributed by atoms with Crippen LogP contribution in [0.4, 0.5) is 5.69 Å². The van der Waals surface area contributed by atoms with Gasteiger partial charge < -0.3 is 10.5 Å². The van der Waals surface area contributed by atoms with Crippen molar-refractivity contribution in [3.8, 4) is 5.75 Å². The van der Waals surface area contributed by atoms with Gasteiger partial charge in [0.25, 0.3) is 0 Å². The van der Waals surface area contributed by atoms with E-state index in [9.17, 15) is 0 Å². The van der Waals surface area contributed by atoms with Crippen LogP contribution in [0.25, 0.3) is 0 Å². The van der Waals surface area contributed by atoms with E-state index in [1.165, 1.54) is 22.3 Å². The van der Waals surface area contributed by atoms with Gasteiger partial charge in [-0.05, 0) is 60.7 Å². The highest BCUT2D eigenvalue weighted by Crippen LogP contribution is 2.25. The lowest BCUT2D eigenvalue weighted by Crippen LogP contribution is -1.97. The Hall–Kier alpha value is -1.96. The molecule has 0 amide bonds. The first-order chi connectivity index (χ1) is 8.61. The molecule has 0 aliphatic heterocycles. The van der Waals surface area contributed by atoms with Gasteiger partial charge in [-0.25, -0.2) is 0 Å². The van der Waals surface area contributed by atoms with Crippen LogP contribution < -0.4 is 10.5 Å². The number of anilines is 1. The molecule has 2 aromatic carbocycles. The first-order valence-corrected chi connectivity index (χ1v) is 6.09. The zero-order valence-electron chi connectivity index (χ0n) is 11.2. The summed E-state index contributed by atoms with van der Waals surface area (Å²) in [5, 5.41) is 0. The smallest absolute Gasteiger partial charge is 0.122 e. The Morgan fingerprint density at radius 2 is 1.61 bits per heavy atom. The summed E-state index contributed by atoms with van der Waals surface area (Å²) in [5.74, 6) is 0.952. The van der Waals surface area contributed by atoms with Crippen molar-refractivity contribution in [3.05, 3.63) is 58.7 Å². The van der Waals surface area contributed by atoms with Crippen molar-refractivity contribution in [2.24, 2.45) is 0 Å². The van der Waals surface area contributed by atoms with E-state index in [1.54, 1.807) is 7.11 Å². The molecule has 0 heterocycles. The first kappa shape index (κ1) is 12.5. The molecule has 0 aliphatic rings. The monoisotopic (exact) mass is 241 g/mol. The predicted octanol–water partition coefficient (Wildman–Crippen LogP) is 3.49. The number of methoxy groups -OCH3 is 1. The molecule has 0 aliphatic carbocycles. The van der Waals surface area contributed by atoms with Crippen LogP contribution in [0.5, 0.6) is 5.75 Å². The highest BCUT2D eigenvalue weighted by Gasteiger charge is 2.07. The van der Waals surface area contributed by atoms with Crippen LogP contribution in [0.3, 0.4) is 0 Å². The summed E-state index contributed by atoms with van der Waals surface area (Å²) in [6, 6.07) is 12.2. The van der Waals surface area contributed by atoms with Gasteiger partial charge in [-0.15, -0.1) is 0 Å². The zero-order valence-corrected chi connectivity index (χ0v) is 11.2. The van der Waals surface area contributed by atoms with Crippen LogP contribution in [-0.2, 0) is 6.42 Å². The Labute approximate surface area is 108 Å². The van der Waals surface area contributed by atoms with Gasteiger partial charge >= 0.3 is 0 Å². The molecular weight excluding hydrogens is 222 g/mol. The highest BCUT2D eigenvalue weighted by atomic mass is 16.5. The molecule has 2 aromatic rings. The second kappa shape index (κ2) is 5.13. The summed E-state index contributed by atoms with van der Waals surface area (Å²) >= 11 is 0. The fourth-order valence-corrected chi connectivity index (χ4v) is 2.12.